The Labute approximate surface area is 126 Å². The zero-order valence-electron chi connectivity index (χ0n) is 13.1. The van der Waals surface area contributed by atoms with Crippen molar-refractivity contribution in [2.75, 3.05) is 18.1 Å². The first-order valence-corrected chi connectivity index (χ1v) is 8.25. The molecule has 116 valence electrons. The summed E-state index contributed by atoms with van der Waals surface area (Å²) in [7, 11) is 0. The van der Waals surface area contributed by atoms with E-state index in [1.807, 2.05) is 0 Å². The third-order valence-corrected chi connectivity index (χ3v) is 4.89. The number of hydrogen-bond donors (Lipinski definition) is 1. The Kier molecular flexibility index (Phi) is 4.40. The van der Waals surface area contributed by atoms with E-state index < -0.39 is 0 Å². The summed E-state index contributed by atoms with van der Waals surface area (Å²) in [6.45, 7) is 6.53. The van der Waals surface area contributed by atoms with Crippen molar-refractivity contribution in [1.29, 1.82) is 0 Å². The second kappa shape index (κ2) is 6.28. The van der Waals surface area contributed by atoms with Crippen molar-refractivity contribution < 1.29 is 4.74 Å². The van der Waals surface area contributed by atoms with E-state index in [9.17, 15) is 0 Å². The van der Waals surface area contributed by atoms with Crippen LogP contribution < -0.4 is 10.6 Å². The van der Waals surface area contributed by atoms with E-state index in [2.05, 4.69) is 28.9 Å². The minimum atomic E-state index is 0.363. The lowest BCUT2D eigenvalue weighted by Crippen LogP contribution is -2.49. The van der Waals surface area contributed by atoms with Crippen LogP contribution in [0.2, 0.25) is 0 Å². The molecule has 1 saturated heterocycles. The van der Waals surface area contributed by atoms with E-state index >= 15 is 0 Å². The fraction of sp³-hybridized carbons (Fsp3) is 0.750. The van der Waals surface area contributed by atoms with Crippen molar-refractivity contribution in [2.45, 2.75) is 64.6 Å². The molecule has 2 unspecified atom stereocenters. The number of nitrogens with zero attached hydrogens (tertiary/aromatic N) is 3. The first-order chi connectivity index (χ1) is 10.3. The smallest absolute Gasteiger partial charge is 0.156 e. The molecule has 0 aromatic carbocycles. The van der Waals surface area contributed by atoms with Crippen LogP contribution in [0.25, 0.3) is 0 Å². The molecule has 1 aromatic heterocycles. The topological polar surface area (TPSA) is 64.3 Å². The summed E-state index contributed by atoms with van der Waals surface area (Å²) in [5.41, 5.74) is 9.65. The van der Waals surface area contributed by atoms with E-state index in [0.717, 1.165) is 37.5 Å². The molecule has 2 aliphatic rings. The standard InChI is InChI=1S/C16H26N4O/c1-3-11-12(10-17)16(19-18-13(11)4-2)20-8-9-21-15-7-5-6-14(15)20/h14-15H,3-10,17H2,1-2H3. The van der Waals surface area contributed by atoms with E-state index in [1.54, 1.807) is 0 Å². The lowest BCUT2D eigenvalue weighted by atomic mass is 10.0. The zero-order valence-corrected chi connectivity index (χ0v) is 13.1. The van der Waals surface area contributed by atoms with Crippen LogP contribution in [0.15, 0.2) is 0 Å². The Hall–Kier alpha value is -1.20. The molecule has 0 amide bonds. The van der Waals surface area contributed by atoms with Gasteiger partial charge in [-0.15, -0.1) is 5.10 Å². The molecule has 1 aliphatic carbocycles. The van der Waals surface area contributed by atoms with Crippen LogP contribution in [0.1, 0.15) is 49.9 Å². The molecule has 2 atom stereocenters. The summed E-state index contributed by atoms with van der Waals surface area (Å²) in [5.74, 6) is 1.01. The highest BCUT2D eigenvalue weighted by Crippen LogP contribution is 2.34. The van der Waals surface area contributed by atoms with Gasteiger partial charge in [0.2, 0.25) is 0 Å². The largest absolute Gasteiger partial charge is 0.374 e. The van der Waals surface area contributed by atoms with E-state index in [1.165, 1.54) is 30.4 Å². The maximum Gasteiger partial charge on any atom is 0.156 e. The summed E-state index contributed by atoms with van der Waals surface area (Å²) in [6.07, 6.45) is 5.84. The predicted octanol–water partition coefficient (Wildman–Crippen LogP) is 1.82. The number of aryl methyl sites for hydroxylation is 1. The van der Waals surface area contributed by atoms with E-state index in [-0.39, 0.29) is 0 Å². The van der Waals surface area contributed by atoms with Crippen LogP contribution in [0.4, 0.5) is 5.82 Å². The maximum atomic E-state index is 6.07. The average Bonchev–Trinajstić information content (AvgIpc) is 3.01. The number of rotatable bonds is 4. The second-order valence-corrected chi connectivity index (χ2v) is 5.94. The molecule has 21 heavy (non-hydrogen) atoms. The summed E-state index contributed by atoms with van der Waals surface area (Å²) < 4.78 is 5.91. The van der Waals surface area contributed by atoms with Gasteiger partial charge in [0.05, 0.1) is 24.4 Å². The van der Waals surface area contributed by atoms with Crippen LogP contribution in [0.5, 0.6) is 0 Å². The molecule has 0 spiro atoms. The van der Waals surface area contributed by atoms with Gasteiger partial charge in [-0.1, -0.05) is 13.8 Å². The number of morpholine rings is 1. The van der Waals surface area contributed by atoms with Crippen molar-refractivity contribution in [3.05, 3.63) is 16.8 Å². The van der Waals surface area contributed by atoms with Gasteiger partial charge in [0.25, 0.3) is 0 Å². The highest BCUT2D eigenvalue weighted by molar-refractivity contribution is 5.53. The molecule has 1 aromatic rings. The van der Waals surface area contributed by atoms with Crippen LogP contribution in [-0.4, -0.2) is 35.5 Å². The number of fused-ring (bicyclic) bond motifs is 1. The van der Waals surface area contributed by atoms with Crippen molar-refractivity contribution in [3.8, 4) is 0 Å². The van der Waals surface area contributed by atoms with Crippen LogP contribution >= 0.6 is 0 Å². The van der Waals surface area contributed by atoms with Gasteiger partial charge in [0.15, 0.2) is 5.82 Å². The molecule has 2 fully saturated rings. The Morgan fingerprint density at radius 3 is 2.76 bits per heavy atom. The van der Waals surface area contributed by atoms with Gasteiger partial charge in [0, 0.05) is 18.7 Å². The lowest BCUT2D eigenvalue weighted by molar-refractivity contribution is 0.0252. The first-order valence-electron chi connectivity index (χ1n) is 8.25. The Morgan fingerprint density at radius 2 is 2.05 bits per heavy atom. The Balaban J connectivity index is 2.01. The van der Waals surface area contributed by atoms with Crippen molar-refractivity contribution in [1.82, 2.24) is 10.2 Å². The van der Waals surface area contributed by atoms with Crippen molar-refractivity contribution >= 4 is 5.82 Å². The molecule has 5 nitrogen and oxygen atoms in total. The maximum absolute atomic E-state index is 6.07. The number of aromatic nitrogens is 2. The van der Waals surface area contributed by atoms with Crippen LogP contribution in [0.3, 0.4) is 0 Å². The summed E-state index contributed by atoms with van der Waals surface area (Å²) in [5, 5.41) is 9.03. The van der Waals surface area contributed by atoms with Gasteiger partial charge in [-0.25, -0.2) is 0 Å². The Morgan fingerprint density at radius 1 is 1.19 bits per heavy atom. The third-order valence-electron chi connectivity index (χ3n) is 4.89. The third kappa shape index (κ3) is 2.53. The molecule has 5 heteroatoms. The monoisotopic (exact) mass is 290 g/mol. The average molecular weight is 290 g/mol. The Bertz CT molecular complexity index is 505. The zero-order chi connectivity index (χ0) is 14.8. The normalized spacial score (nSPS) is 25.2. The number of hydrogen-bond acceptors (Lipinski definition) is 5. The highest BCUT2D eigenvalue weighted by Gasteiger charge is 2.37. The summed E-state index contributed by atoms with van der Waals surface area (Å²) in [4.78, 5) is 2.41. The molecule has 3 rings (SSSR count). The number of anilines is 1. The molecule has 2 heterocycles. The van der Waals surface area contributed by atoms with Crippen LogP contribution in [-0.2, 0) is 24.1 Å². The predicted molar refractivity (Wildman–Crippen MR) is 83.4 cm³/mol. The van der Waals surface area contributed by atoms with Gasteiger partial charge in [-0.2, -0.15) is 5.10 Å². The van der Waals surface area contributed by atoms with Gasteiger partial charge >= 0.3 is 0 Å². The second-order valence-electron chi connectivity index (χ2n) is 5.94. The van der Waals surface area contributed by atoms with Gasteiger partial charge in [-0.3, -0.25) is 0 Å². The number of ether oxygens (including phenoxy) is 1. The van der Waals surface area contributed by atoms with Crippen molar-refractivity contribution in [3.63, 3.8) is 0 Å². The fourth-order valence-corrected chi connectivity index (χ4v) is 3.87. The molecule has 0 bridgehead atoms. The minimum absolute atomic E-state index is 0.363. The van der Waals surface area contributed by atoms with Gasteiger partial charge in [0.1, 0.15) is 0 Å². The van der Waals surface area contributed by atoms with Crippen molar-refractivity contribution in [2.24, 2.45) is 5.73 Å². The molecule has 2 N–H and O–H groups in total. The fourth-order valence-electron chi connectivity index (χ4n) is 3.87. The van der Waals surface area contributed by atoms with Crippen LogP contribution in [0, 0.1) is 0 Å². The molecule has 1 aliphatic heterocycles. The first kappa shape index (κ1) is 14.7. The molecule has 1 saturated carbocycles. The summed E-state index contributed by atoms with van der Waals surface area (Å²) >= 11 is 0. The van der Waals surface area contributed by atoms with Gasteiger partial charge in [-0.05, 0) is 37.7 Å². The van der Waals surface area contributed by atoms with Gasteiger partial charge < -0.3 is 15.4 Å². The summed E-state index contributed by atoms with van der Waals surface area (Å²) in [6, 6.07) is 0.454. The van der Waals surface area contributed by atoms with E-state index in [0.29, 0.717) is 18.7 Å². The minimum Gasteiger partial charge on any atom is -0.374 e. The number of nitrogens with two attached hydrogens (primary N) is 1. The van der Waals surface area contributed by atoms with E-state index in [4.69, 9.17) is 10.5 Å². The highest BCUT2D eigenvalue weighted by atomic mass is 16.5. The lowest BCUT2D eigenvalue weighted by Gasteiger charge is -2.39. The SMILES string of the molecule is CCc1nnc(N2CCOC3CCCC32)c(CN)c1CC. The molecular formula is C16H26N4O. The molecule has 0 radical (unpaired) electrons. The molecular weight excluding hydrogens is 264 g/mol. The quantitative estimate of drug-likeness (QED) is 0.916.